The molecule has 4 nitrogen and oxygen atoms in total. The first kappa shape index (κ1) is 40.5. The molecule has 4 aliphatic carbocycles. The van der Waals surface area contributed by atoms with Gasteiger partial charge in [0.25, 0.3) is 0 Å². The van der Waals surface area contributed by atoms with Gasteiger partial charge in [0, 0.05) is 35.1 Å². The second-order valence-corrected chi connectivity index (χ2v) is 20.9. The van der Waals surface area contributed by atoms with Crippen LogP contribution in [0, 0.1) is 34.0 Å². The van der Waals surface area contributed by atoms with Crippen molar-refractivity contribution in [3.63, 3.8) is 0 Å². The number of benzene rings is 5. The van der Waals surface area contributed by atoms with Crippen LogP contribution in [0.3, 0.4) is 0 Å². The normalized spacial score (nSPS) is 31.2. The molecule has 1 aliphatic heterocycles. The Morgan fingerprint density at radius 3 is 1.75 bits per heavy atom. The summed E-state index contributed by atoms with van der Waals surface area (Å²) in [7, 11) is 0. The highest BCUT2D eigenvalue weighted by atomic mass is 16.3. The molecule has 0 radical (unpaired) electrons. The minimum absolute atomic E-state index is 0.115. The molecule has 6 aromatic rings. The Morgan fingerprint density at radius 2 is 1.11 bits per heavy atom. The van der Waals surface area contributed by atoms with Crippen molar-refractivity contribution in [1.82, 2.24) is 0 Å². The van der Waals surface area contributed by atoms with E-state index in [9.17, 15) is 5.11 Å². The van der Waals surface area contributed by atoms with Crippen LogP contribution in [-0.2, 0) is 6.54 Å². The van der Waals surface area contributed by atoms with Crippen molar-refractivity contribution in [1.29, 1.82) is 0 Å². The molecule has 0 bridgehead atoms. The van der Waals surface area contributed by atoms with Gasteiger partial charge < -0.3 is 5.11 Å². The molecule has 0 amide bonds. The molecule has 0 unspecified atom stereocenters. The van der Waals surface area contributed by atoms with Crippen molar-refractivity contribution in [2.45, 2.75) is 110 Å². The summed E-state index contributed by atoms with van der Waals surface area (Å²) >= 11 is 0. The molecule has 0 saturated heterocycles. The van der Waals surface area contributed by atoms with Crippen molar-refractivity contribution in [3.8, 4) is 33.6 Å². The second kappa shape index (κ2) is 15.7. The van der Waals surface area contributed by atoms with E-state index in [4.69, 9.17) is 5.10 Å². The lowest BCUT2D eigenvalue weighted by atomic mass is 9.40. The Kier molecular flexibility index (Phi) is 10.1. The molecule has 5 aliphatic rings. The molecule has 4 fully saturated rings. The molecule has 1 N–H and O–H groups in total. The van der Waals surface area contributed by atoms with Crippen molar-refractivity contribution in [3.05, 3.63) is 169 Å². The highest BCUT2D eigenvalue weighted by Crippen LogP contribution is 2.71. The number of hydrazone groups is 1. The lowest BCUT2D eigenvalue weighted by molar-refractivity contribution is -0.692. The van der Waals surface area contributed by atoms with Gasteiger partial charge in [-0.1, -0.05) is 143 Å². The topological polar surface area (TPSA) is 39.7 Å². The highest BCUT2D eigenvalue weighted by molar-refractivity contribution is 6.03. The van der Waals surface area contributed by atoms with Crippen LogP contribution in [0.25, 0.3) is 33.6 Å². The van der Waals surface area contributed by atoms with Gasteiger partial charge in [-0.05, 0) is 139 Å². The number of rotatable bonds is 8. The molecule has 5 aromatic carbocycles. The number of anilines is 1. The Balaban J connectivity index is 0.973. The van der Waals surface area contributed by atoms with Gasteiger partial charge in [0.15, 0.2) is 6.54 Å². The van der Waals surface area contributed by atoms with Crippen LogP contribution in [0.1, 0.15) is 109 Å². The van der Waals surface area contributed by atoms with Gasteiger partial charge in [0.2, 0.25) is 11.4 Å². The third-order valence-electron chi connectivity index (χ3n) is 18.1. The number of aliphatic hydroxyl groups is 1. The monoisotopic (exact) mass is 831 g/mol. The molecule has 8 atom stereocenters. The van der Waals surface area contributed by atoms with E-state index >= 15 is 0 Å². The summed E-state index contributed by atoms with van der Waals surface area (Å²) < 4.78 is 2.50. The first-order valence-corrected chi connectivity index (χ1v) is 24.2. The maximum absolute atomic E-state index is 13.5. The summed E-state index contributed by atoms with van der Waals surface area (Å²) in [5.74, 6) is 2.06. The average molecular weight is 831 g/mol. The molecule has 2 heterocycles. The van der Waals surface area contributed by atoms with E-state index in [1.54, 1.807) is 0 Å². The number of hydrogen-bond donors (Lipinski definition) is 1. The van der Waals surface area contributed by atoms with Crippen molar-refractivity contribution in [2.75, 3.05) is 5.01 Å². The fourth-order valence-corrected chi connectivity index (χ4v) is 14.2. The standard InChI is InChI=1S/C59H64N3O/c1-56-33-16-17-34-57(56,2)50-31-36-58(3)51(49(50)30-35-56)32-37-59(58,63)41-61-53(44-20-10-5-11-21-44)38-47(39-54(61)45-22-12-6-13-23-45)42-26-28-48(29-27-42)62-55(46-24-14-7-15-25-46)40-52(60-62)43-18-8-4-9-19-43/h4-15,18-29,38-39,49-51,55,63H,16-17,30-37,40-41H2,1-3H3/q+1/t49-,50+,51+,55-,56+,57+,58-,59+/m0/s1. The molecular formula is C59H64N3O+. The number of fused-ring (bicyclic) bond motifs is 5. The van der Waals surface area contributed by atoms with Gasteiger partial charge in [-0.2, -0.15) is 9.67 Å². The van der Waals surface area contributed by atoms with E-state index in [1.165, 1.54) is 72.8 Å². The van der Waals surface area contributed by atoms with E-state index in [0.717, 1.165) is 60.0 Å². The van der Waals surface area contributed by atoms with E-state index < -0.39 is 5.60 Å². The Morgan fingerprint density at radius 1 is 0.556 bits per heavy atom. The lowest BCUT2D eigenvalue weighted by Gasteiger charge is -2.65. The largest absolute Gasteiger partial charge is 0.383 e. The molecule has 63 heavy (non-hydrogen) atoms. The SMILES string of the molecule is C[C@]12CCCC[C@]1(C)[C@@H]1CC[C@@]3(C)[C@H](CC[C@@]3(O)C[n+]3c(-c4ccccc4)cc(-c4ccc(N5N=C(c6ccccc6)C[C@H]5c5ccccc5)cc4)cc3-c3ccccc3)[C@H]1CC2. The van der Waals surface area contributed by atoms with Gasteiger partial charge in [0.05, 0.1) is 17.4 Å². The third kappa shape index (κ3) is 6.73. The molecule has 1 aromatic heterocycles. The lowest BCUT2D eigenvalue weighted by Crippen LogP contribution is -2.61. The zero-order valence-electron chi connectivity index (χ0n) is 37.6. The number of pyridine rings is 1. The Bertz CT molecular complexity index is 2550. The summed E-state index contributed by atoms with van der Waals surface area (Å²) in [6.45, 7) is 8.39. The average Bonchev–Trinajstić information content (AvgIpc) is 3.89. The molecule has 4 heteroatoms. The minimum Gasteiger partial charge on any atom is -0.383 e. The van der Waals surface area contributed by atoms with Crippen LogP contribution in [0.2, 0.25) is 0 Å². The van der Waals surface area contributed by atoms with Crippen LogP contribution < -0.4 is 9.58 Å². The highest BCUT2D eigenvalue weighted by Gasteiger charge is 2.67. The van der Waals surface area contributed by atoms with Gasteiger partial charge in [0.1, 0.15) is 5.60 Å². The van der Waals surface area contributed by atoms with E-state index in [2.05, 4.69) is 188 Å². The van der Waals surface area contributed by atoms with E-state index in [0.29, 0.717) is 29.2 Å². The predicted molar refractivity (Wildman–Crippen MR) is 258 cm³/mol. The van der Waals surface area contributed by atoms with Crippen LogP contribution in [0.4, 0.5) is 5.69 Å². The fraction of sp³-hybridized carbons (Fsp3) is 0.390. The zero-order valence-corrected chi connectivity index (χ0v) is 37.6. The quantitative estimate of drug-likeness (QED) is 0.155. The molecule has 4 saturated carbocycles. The first-order valence-electron chi connectivity index (χ1n) is 24.2. The van der Waals surface area contributed by atoms with E-state index in [1.807, 2.05) is 0 Å². The fourth-order valence-electron chi connectivity index (χ4n) is 14.2. The molecule has 11 rings (SSSR count). The predicted octanol–water partition coefficient (Wildman–Crippen LogP) is 13.9. The van der Waals surface area contributed by atoms with Crippen LogP contribution in [-0.4, -0.2) is 16.4 Å². The summed E-state index contributed by atoms with van der Waals surface area (Å²) in [5, 5.41) is 20.9. The molecule has 320 valence electrons. The van der Waals surface area contributed by atoms with Crippen LogP contribution >= 0.6 is 0 Å². The van der Waals surface area contributed by atoms with Crippen LogP contribution in [0.15, 0.2) is 163 Å². The Labute approximate surface area is 375 Å². The Hall–Kier alpha value is -5.32. The summed E-state index contributed by atoms with van der Waals surface area (Å²) in [6, 6.07) is 57.1. The maximum atomic E-state index is 13.5. The second-order valence-electron chi connectivity index (χ2n) is 20.9. The first-order chi connectivity index (χ1) is 30.7. The van der Waals surface area contributed by atoms with Crippen LogP contribution in [0.5, 0.6) is 0 Å². The van der Waals surface area contributed by atoms with Gasteiger partial charge in [-0.3, -0.25) is 5.01 Å². The van der Waals surface area contributed by atoms with Crippen molar-refractivity contribution < 1.29 is 9.67 Å². The number of hydrogen-bond acceptors (Lipinski definition) is 3. The van der Waals surface area contributed by atoms with Gasteiger partial charge in [-0.25, -0.2) is 0 Å². The van der Waals surface area contributed by atoms with Crippen molar-refractivity contribution >= 4 is 11.4 Å². The zero-order chi connectivity index (χ0) is 42.8. The minimum atomic E-state index is -0.818. The third-order valence-corrected chi connectivity index (χ3v) is 18.1. The maximum Gasteiger partial charge on any atom is 0.213 e. The number of nitrogens with zero attached hydrogens (tertiary/aromatic N) is 3. The smallest absolute Gasteiger partial charge is 0.213 e. The summed E-state index contributed by atoms with van der Waals surface area (Å²) in [4.78, 5) is 0. The molecule has 0 spiro atoms. The number of aromatic nitrogens is 1. The van der Waals surface area contributed by atoms with Gasteiger partial charge >= 0.3 is 0 Å². The summed E-state index contributed by atoms with van der Waals surface area (Å²) in [5.41, 5.74) is 11.5. The van der Waals surface area contributed by atoms with E-state index in [-0.39, 0.29) is 11.5 Å². The summed E-state index contributed by atoms with van der Waals surface area (Å²) in [6.07, 6.45) is 13.5. The molecular weight excluding hydrogens is 767 g/mol. The van der Waals surface area contributed by atoms with Gasteiger partial charge in [-0.15, -0.1) is 0 Å². The van der Waals surface area contributed by atoms with Crippen molar-refractivity contribution in [2.24, 2.45) is 39.1 Å².